The van der Waals surface area contributed by atoms with Gasteiger partial charge in [-0.25, -0.2) is 0 Å². The van der Waals surface area contributed by atoms with E-state index in [0.29, 0.717) is 5.41 Å². The van der Waals surface area contributed by atoms with Crippen LogP contribution in [0, 0.1) is 5.41 Å². The van der Waals surface area contributed by atoms with Gasteiger partial charge in [-0.1, -0.05) is 55.9 Å². The second-order valence-corrected chi connectivity index (χ2v) is 5.73. The molecule has 0 saturated heterocycles. The van der Waals surface area contributed by atoms with Crippen molar-refractivity contribution in [1.82, 2.24) is 0 Å². The molecule has 1 heteroatoms. The Labute approximate surface area is 117 Å². The van der Waals surface area contributed by atoms with Gasteiger partial charge in [0.25, 0.3) is 0 Å². The lowest BCUT2D eigenvalue weighted by Gasteiger charge is -2.19. The minimum atomic E-state index is 0.313. The number of hydrogen-bond donors (Lipinski definition) is 0. The first-order valence-electron chi connectivity index (χ1n) is 6.81. The fourth-order valence-electron chi connectivity index (χ4n) is 2.37. The topological polar surface area (TPSA) is 17.1 Å². The van der Waals surface area contributed by atoms with Crippen molar-refractivity contribution in [2.24, 2.45) is 5.41 Å². The molecule has 0 unspecified atom stereocenters. The van der Waals surface area contributed by atoms with Crippen LogP contribution in [0.3, 0.4) is 0 Å². The molecule has 0 bridgehead atoms. The van der Waals surface area contributed by atoms with Gasteiger partial charge in [-0.15, -0.1) is 0 Å². The first-order chi connectivity index (χ1) is 8.97. The second kappa shape index (κ2) is 7.08. The third kappa shape index (κ3) is 4.86. The fourth-order valence-corrected chi connectivity index (χ4v) is 2.37. The van der Waals surface area contributed by atoms with Crippen molar-refractivity contribution in [1.29, 1.82) is 0 Å². The summed E-state index contributed by atoms with van der Waals surface area (Å²) in [6.45, 7) is 8.75. The van der Waals surface area contributed by atoms with E-state index in [0.717, 1.165) is 11.9 Å². The summed E-state index contributed by atoms with van der Waals surface area (Å²) in [6, 6.07) is 0. The van der Waals surface area contributed by atoms with Gasteiger partial charge >= 0.3 is 0 Å². The van der Waals surface area contributed by atoms with Crippen LogP contribution in [0.1, 0.15) is 40.5 Å². The van der Waals surface area contributed by atoms with Crippen LogP contribution in [0.15, 0.2) is 59.3 Å². The molecule has 0 N–H and O–H groups in total. The first kappa shape index (κ1) is 15.4. The zero-order valence-electron chi connectivity index (χ0n) is 12.4. The van der Waals surface area contributed by atoms with Gasteiger partial charge in [-0.2, -0.15) is 0 Å². The van der Waals surface area contributed by atoms with Crippen molar-refractivity contribution < 1.29 is 4.79 Å². The Balaban J connectivity index is 2.58. The predicted molar refractivity (Wildman–Crippen MR) is 83.0 cm³/mol. The van der Waals surface area contributed by atoms with Crippen molar-refractivity contribution in [3.8, 4) is 0 Å². The molecule has 0 aromatic rings. The Bertz CT molecular complexity index is 468. The van der Waals surface area contributed by atoms with E-state index in [1.54, 1.807) is 6.08 Å². The summed E-state index contributed by atoms with van der Waals surface area (Å²) in [5.41, 5.74) is 4.25. The summed E-state index contributed by atoms with van der Waals surface area (Å²) in [7, 11) is 0. The number of carbonyl (C=O) groups is 1. The van der Waals surface area contributed by atoms with Crippen molar-refractivity contribution >= 4 is 6.29 Å². The molecule has 0 spiro atoms. The summed E-state index contributed by atoms with van der Waals surface area (Å²) >= 11 is 0. The quantitative estimate of drug-likeness (QED) is 0.387. The highest BCUT2D eigenvalue weighted by Crippen LogP contribution is 2.42. The van der Waals surface area contributed by atoms with Gasteiger partial charge in [0.2, 0.25) is 0 Å². The normalized spacial score (nSPS) is 20.3. The average Bonchev–Trinajstić information content (AvgIpc) is 2.59. The highest BCUT2D eigenvalue weighted by Gasteiger charge is 2.28. The molecule has 0 saturated carbocycles. The molecule has 0 aromatic carbocycles. The molecule has 0 atom stereocenters. The van der Waals surface area contributed by atoms with Gasteiger partial charge in [0, 0.05) is 0 Å². The van der Waals surface area contributed by atoms with Gasteiger partial charge in [-0.3, -0.25) is 4.79 Å². The second-order valence-electron chi connectivity index (χ2n) is 5.73. The maximum absolute atomic E-state index is 10.2. The monoisotopic (exact) mass is 256 g/mol. The van der Waals surface area contributed by atoms with Gasteiger partial charge in [0.05, 0.1) is 0 Å². The molecule has 0 heterocycles. The molecule has 1 nitrogen and oxygen atoms in total. The van der Waals surface area contributed by atoms with Gasteiger partial charge in [-0.05, 0) is 49.3 Å². The SMILES string of the molecule is CC1=C(/C=C/C=C/C=C/C(C)=C/C=O)C(C)(C)CC1. The number of carbonyl (C=O) groups excluding carboxylic acids is 1. The number of hydrogen-bond acceptors (Lipinski definition) is 1. The summed E-state index contributed by atoms with van der Waals surface area (Å²) < 4.78 is 0. The van der Waals surface area contributed by atoms with Crippen molar-refractivity contribution in [3.63, 3.8) is 0 Å². The Morgan fingerprint density at radius 1 is 1.16 bits per heavy atom. The fraction of sp³-hybridized carbons (Fsp3) is 0.389. The van der Waals surface area contributed by atoms with Gasteiger partial charge in [0.15, 0.2) is 0 Å². The molecule has 1 aliphatic rings. The van der Waals surface area contributed by atoms with E-state index >= 15 is 0 Å². The van der Waals surface area contributed by atoms with Crippen LogP contribution in [0.5, 0.6) is 0 Å². The van der Waals surface area contributed by atoms with Crippen LogP contribution in [0.25, 0.3) is 0 Å². The Hall–Kier alpha value is -1.63. The average molecular weight is 256 g/mol. The molecule has 1 aliphatic carbocycles. The van der Waals surface area contributed by atoms with E-state index in [-0.39, 0.29) is 0 Å². The molecule has 0 radical (unpaired) electrons. The molecule has 0 amide bonds. The molecule has 1 rings (SSSR count). The van der Waals surface area contributed by atoms with E-state index in [9.17, 15) is 4.79 Å². The molecule has 0 fully saturated rings. The smallest absolute Gasteiger partial charge is 0.143 e. The van der Waals surface area contributed by atoms with E-state index in [1.165, 1.54) is 24.0 Å². The highest BCUT2D eigenvalue weighted by molar-refractivity contribution is 5.66. The van der Waals surface area contributed by atoms with Gasteiger partial charge in [0.1, 0.15) is 6.29 Å². The Morgan fingerprint density at radius 2 is 1.84 bits per heavy atom. The van der Waals surface area contributed by atoms with E-state index in [1.807, 2.05) is 31.2 Å². The van der Waals surface area contributed by atoms with Crippen LogP contribution in [0.2, 0.25) is 0 Å². The molecule has 19 heavy (non-hydrogen) atoms. The lowest BCUT2D eigenvalue weighted by atomic mass is 9.85. The maximum Gasteiger partial charge on any atom is 0.143 e. The van der Waals surface area contributed by atoms with Crippen LogP contribution in [-0.4, -0.2) is 6.29 Å². The molecular formula is C18H24O. The lowest BCUT2D eigenvalue weighted by Crippen LogP contribution is -2.07. The van der Waals surface area contributed by atoms with Crippen LogP contribution in [-0.2, 0) is 4.79 Å². The zero-order valence-corrected chi connectivity index (χ0v) is 12.4. The van der Waals surface area contributed by atoms with E-state index in [4.69, 9.17) is 0 Å². The molecule has 0 aromatic heterocycles. The summed E-state index contributed by atoms with van der Waals surface area (Å²) in [6.07, 6.45) is 17.0. The third-order valence-electron chi connectivity index (χ3n) is 3.60. The zero-order chi connectivity index (χ0) is 14.3. The molecule has 0 aliphatic heterocycles. The molecule has 102 valence electrons. The Morgan fingerprint density at radius 3 is 2.42 bits per heavy atom. The standard InChI is InChI=1S/C18H24O/c1-15(12-14-19)9-7-5-6-8-10-17-16(2)11-13-18(17,3)4/h5-10,12,14H,11,13H2,1-4H3/b6-5+,9-7+,10-8+,15-12+. The van der Waals surface area contributed by atoms with Crippen LogP contribution < -0.4 is 0 Å². The van der Waals surface area contributed by atoms with Crippen LogP contribution >= 0.6 is 0 Å². The van der Waals surface area contributed by atoms with E-state index < -0.39 is 0 Å². The van der Waals surface area contributed by atoms with Crippen molar-refractivity contribution in [2.75, 3.05) is 0 Å². The largest absolute Gasteiger partial charge is 0.299 e. The summed E-state index contributed by atoms with van der Waals surface area (Å²) in [4.78, 5) is 10.2. The summed E-state index contributed by atoms with van der Waals surface area (Å²) in [5, 5.41) is 0. The summed E-state index contributed by atoms with van der Waals surface area (Å²) in [5.74, 6) is 0. The minimum absolute atomic E-state index is 0.313. The predicted octanol–water partition coefficient (Wildman–Crippen LogP) is 4.94. The van der Waals surface area contributed by atoms with E-state index in [2.05, 4.69) is 32.9 Å². The third-order valence-corrected chi connectivity index (χ3v) is 3.60. The van der Waals surface area contributed by atoms with Crippen molar-refractivity contribution in [3.05, 3.63) is 59.3 Å². The highest BCUT2D eigenvalue weighted by atomic mass is 16.1. The van der Waals surface area contributed by atoms with Gasteiger partial charge < -0.3 is 0 Å². The number of rotatable bonds is 5. The maximum atomic E-state index is 10.2. The van der Waals surface area contributed by atoms with Crippen LogP contribution in [0.4, 0.5) is 0 Å². The number of allylic oxidation sites excluding steroid dienone is 10. The van der Waals surface area contributed by atoms with Crippen molar-refractivity contribution in [2.45, 2.75) is 40.5 Å². The number of aldehydes is 1. The molecular weight excluding hydrogens is 232 g/mol. The lowest BCUT2D eigenvalue weighted by molar-refractivity contribution is -0.104. The Kier molecular flexibility index (Phi) is 5.75. The first-order valence-corrected chi connectivity index (χ1v) is 6.81. The minimum Gasteiger partial charge on any atom is -0.299 e.